The number of fused-ring (bicyclic) bond motifs is 5. The van der Waals surface area contributed by atoms with Crippen LogP contribution in [0, 0.1) is 28.6 Å². The fourth-order valence-electron chi connectivity index (χ4n) is 7.82. The monoisotopic (exact) mass is 552 g/mol. The van der Waals surface area contributed by atoms with E-state index in [9.17, 15) is 33.8 Å². The van der Waals surface area contributed by atoms with E-state index in [2.05, 4.69) is 4.31 Å². The molecule has 202 valence electrons. The SMILES string of the molecule is C[C@H]1C[C@H]2[C@@H]3CCC4=CC(=O)C=C[C@]4(C)[C@@]3(F)[C@@H](O)C[C@]2(C)[C@@]1(OP(=O)(O)OP(=O)(O)O)C(=O)CO. The number of aliphatic hydroxyl groups excluding tert-OH is 2. The largest absolute Gasteiger partial charge is 0.482 e. The minimum absolute atomic E-state index is 0.0962. The number of allylic oxidation sites excluding steroid dienone is 4. The van der Waals surface area contributed by atoms with Crippen molar-refractivity contribution in [3.05, 3.63) is 23.8 Å². The van der Waals surface area contributed by atoms with Crippen LogP contribution in [0.2, 0.25) is 0 Å². The van der Waals surface area contributed by atoms with Crippen LogP contribution in [0.25, 0.3) is 0 Å². The molecule has 5 N–H and O–H groups in total. The maximum Gasteiger partial charge on any atom is 0.482 e. The molecular weight excluding hydrogens is 521 g/mol. The van der Waals surface area contributed by atoms with E-state index in [0.717, 1.165) is 0 Å². The molecule has 0 aromatic rings. The van der Waals surface area contributed by atoms with Crippen LogP contribution in [-0.4, -0.2) is 60.4 Å². The van der Waals surface area contributed by atoms with Gasteiger partial charge < -0.3 is 24.9 Å². The van der Waals surface area contributed by atoms with E-state index in [1.165, 1.54) is 32.1 Å². The number of rotatable bonds is 6. The quantitative estimate of drug-likeness (QED) is 0.304. The molecule has 1 unspecified atom stereocenters. The second-order valence-corrected chi connectivity index (χ2v) is 13.6. The number of alkyl halides is 1. The normalized spacial score (nSPS) is 45.8. The zero-order valence-electron chi connectivity index (χ0n) is 20.0. The molecule has 0 radical (unpaired) electrons. The van der Waals surface area contributed by atoms with Crippen LogP contribution in [0.15, 0.2) is 23.8 Å². The summed E-state index contributed by atoms with van der Waals surface area (Å²) in [7, 11) is -11.1. The van der Waals surface area contributed by atoms with Crippen molar-refractivity contribution >= 4 is 27.2 Å². The van der Waals surface area contributed by atoms with Gasteiger partial charge in [-0.3, -0.25) is 14.1 Å². The van der Waals surface area contributed by atoms with Gasteiger partial charge in [-0.2, -0.15) is 4.31 Å². The van der Waals surface area contributed by atoms with Gasteiger partial charge in [0, 0.05) is 16.7 Å². The Labute approximate surface area is 207 Å². The highest BCUT2D eigenvalue weighted by Crippen LogP contribution is 2.74. The molecule has 14 heteroatoms. The molecule has 3 saturated carbocycles. The topological polar surface area (TPSA) is 188 Å². The number of carbonyl (C=O) groups excluding carboxylic acids is 2. The number of ketones is 2. The first-order valence-corrected chi connectivity index (χ1v) is 14.7. The molecule has 36 heavy (non-hydrogen) atoms. The average molecular weight is 552 g/mol. The molecule has 0 amide bonds. The summed E-state index contributed by atoms with van der Waals surface area (Å²) in [6.45, 7) is 3.45. The Morgan fingerprint density at radius 1 is 1.22 bits per heavy atom. The van der Waals surface area contributed by atoms with Crippen molar-refractivity contribution < 1.29 is 56.8 Å². The van der Waals surface area contributed by atoms with E-state index >= 15 is 4.39 Å². The minimum Gasteiger partial charge on any atom is -0.390 e. The second kappa shape index (κ2) is 8.46. The lowest BCUT2D eigenvalue weighted by atomic mass is 9.44. The minimum atomic E-state index is -5.58. The summed E-state index contributed by atoms with van der Waals surface area (Å²) < 4.78 is 50.4. The number of hydrogen-bond donors (Lipinski definition) is 5. The predicted octanol–water partition coefficient (Wildman–Crippen LogP) is 2.13. The van der Waals surface area contributed by atoms with Gasteiger partial charge in [-0.15, -0.1) is 0 Å². The van der Waals surface area contributed by atoms with Gasteiger partial charge in [0.25, 0.3) is 0 Å². The molecule has 0 saturated heterocycles. The van der Waals surface area contributed by atoms with Gasteiger partial charge >= 0.3 is 15.6 Å². The molecule has 4 aliphatic rings. The molecule has 0 aliphatic heterocycles. The summed E-state index contributed by atoms with van der Waals surface area (Å²) in [6.07, 6.45) is 2.60. The number of carbonyl (C=O) groups is 2. The summed E-state index contributed by atoms with van der Waals surface area (Å²) in [6, 6.07) is 0. The fourth-order valence-corrected chi connectivity index (χ4v) is 9.88. The lowest BCUT2D eigenvalue weighted by molar-refractivity contribution is -0.217. The number of hydrogen-bond acceptors (Lipinski definition) is 8. The molecule has 3 fully saturated rings. The van der Waals surface area contributed by atoms with Gasteiger partial charge in [0.15, 0.2) is 17.2 Å². The highest BCUT2D eigenvalue weighted by Gasteiger charge is 2.77. The third-order valence-electron chi connectivity index (χ3n) is 9.21. The van der Waals surface area contributed by atoms with Crippen LogP contribution in [0.4, 0.5) is 4.39 Å². The molecule has 4 rings (SSSR count). The van der Waals surface area contributed by atoms with E-state index in [4.69, 9.17) is 14.3 Å². The molecule has 0 spiro atoms. The van der Waals surface area contributed by atoms with E-state index < -0.39 is 80.4 Å². The van der Waals surface area contributed by atoms with Gasteiger partial charge in [-0.25, -0.2) is 13.5 Å². The van der Waals surface area contributed by atoms with E-state index in [0.29, 0.717) is 12.0 Å². The molecule has 0 heterocycles. The van der Waals surface area contributed by atoms with Crippen molar-refractivity contribution in [1.82, 2.24) is 0 Å². The number of phosphoric ester groups is 1. The zero-order valence-corrected chi connectivity index (χ0v) is 21.8. The third kappa shape index (κ3) is 3.73. The standard InChI is InChI=1S/C22H31FO11P2/c1-12-8-16-15-5-4-13-9-14(25)6-7-19(13,2)21(15,23)17(26)10-20(16,3)22(12,18(27)11-24)33-36(31,32)34-35(28,29)30/h6-7,9,12,15-17,24,26H,4-5,8,10-11H2,1-3H3,(H,31,32)(H2,28,29,30)/t12-,15-,16-,17-,19-,20-,21-,22-/m0/s1. The molecule has 0 bridgehead atoms. The van der Waals surface area contributed by atoms with Crippen LogP contribution in [0.5, 0.6) is 0 Å². The summed E-state index contributed by atoms with van der Waals surface area (Å²) in [5, 5.41) is 21.2. The molecule has 0 aromatic carbocycles. The maximum absolute atomic E-state index is 17.2. The summed E-state index contributed by atoms with van der Waals surface area (Å²) in [5.41, 5.74) is -6.84. The van der Waals surface area contributed by atoms with E-state index in [1.54, 1.807) is 6.92 Å². The van der Waals surface area contributed by atoms with Crippen molar-refractivity contribution in [1.29, 1.82) is 0 Å². The van der Waals surface area contributed by atoms with Crippen LogP contribution in [0.1, 0.15) is 46.5 Å². The van der Waals surface area contributed by atoms with Crippen LogP contribution < -0.4 is 0 Å². The van der Waals surface area contributed by atoms with Crippen molar-refractivity contribution in [2.45, 2.75) is 63.8 Å². The van der Waals surface area contributed by atoms with Gasteiger partial charge in [0.2, 0.25) is 0 Å². The summed E-state index contributed by atoms with van der Waals surface area (Å²) in [4.78, 5) is 53.6. The fraction of sp³-hybridized carbons (Fsp3) is 0.727. The molecular formula is C22H31FO11P2. The Kier molecular flexibility index (Phi) is 6.57. The Balaban J connectivity index is 1.84. The van der Waals surface area contributed by atoms with Crippen molar-refractivity contribution in [3.8, 4) is 0 Å². The number of halogens is 1. The number of aliphatic hydroxyl groups is 2. The Bertz CT molecular complexity index is 1150. The predicted molar refractivity (Wildman–Crippen MR) is 122 cm³/mol. The smallest absolute Gasteiger partial charge is 0.390 e. The first-order chi connectivity index (χ1) is 16.4. The lowest BCUT2D eigenvalue weighted by Gasteiger charge is -2.63. The highest BCUT2D eigenvalue weighted by molar-refractivity contribution is 7.60. The van der Waals surface area contributed by atoms with Crippen LogP contribution in [-0.2, 0) is 27.6 Å². The maximum atomic E-state index is 17.2. The highest BCUT2D eigenvalue weighted by atomic mass is 31.3. The lowest BCUT2D eigenvalue weighted by Crippen LogP contribution is -2.69. The first kappa shape index (κ1) is 28.0. The number of phosphoric acid groups is 2. The third-order valence-corrected chi connectivity index (χ3v) is 11.4. The first-order valence-electron chi connectivity index (χ1n) is 11.6. The van der Waals surface area contributed by atoms with Crippen LogP contribution >= 0.6 is 15.6 Å². The zero-order chi connectivity index (χ0) is 27.1. The van der Waals surface area contributed by atoms with Crippen molar-refractivity contribution in [2.24, 2.45) is 28.6 Å². The molecule has 4 aliphatic carbocycles. The van der Waals surface area contributed by atoms with Gasteiger partial charge in [-0.05, 0) is 56.6 Å². The Hall–Kier alpha value is -1.07. The van der Waals surface area contributed by atoms with Crippen molar-refractivity contribution in [3.63, 3.8) is 0 Å². The Morgan fingerprint density at radius 3 is 2.44 bits per heavy atom. The van der Waals surface area contributed by atoms with Crippen molar-refractivity contribution in [2.75, 3.05) is 6.61 Å². The van der Waals surface area contributed by atoms with E-state index in [-0.39, 0.29) is 18.6 Å². The molecule has 0 aromatic heterocycles. The molecule has 9 atom stereocenters. The Morgan fingerprint density at radius 2 is 1.86 bits per heavy atom. The molecule has 11 nitrogen and oxygen atoms in total. The second-order valence-electron chi connectivity index (χ2n) is 10.9. The summed E-state index contributed by atoms with van der Waals surface area (Å²) >= 11 is 0. The van der Waals surface area contributed by atoms with E-state index in [1.807, 2.05) is 0 Å². The summed E-state index contributed by atoms with van der Waals surface area (Å²) in [5.74, 6) is -3.81. The van der Waals surface area contributed by atoms with Gasteiger partial charge in [0.05, 0.1) is 6.10 Å². The van der Waals surface area contributed by atoms with Gasteiger partial charge in [-0.1, -0.05) is 25.5 Å². The van der Waals surface area contributed by atoms with Crippen LogP contribution in [0.3, 0.4) is 0 Å². The number of Topliss-reactive ketones (excluding diaryl/α,β-unsaturated/α-hetero) is 1. The van der Waals surface area contributed by atoms with Gasteiger partial charge in [0.1, 0.15) is 12.2 Å². The average Bonchev–Trinajstić information content (AvgIpc) is 2.94.